The lowest BCUT2D eigenvalue weighted by atomic mass is 9.87. The predicted octanol–water partition coefficient (Wildman–Crippen LogP) is 0.838. The minimum absolute atomic E-state index is 0.0159. The Morgan fingerprint density at radius 3 is 2.62 bits per heavy atom. The monoisotopic (exact) mass is 423 g/mol. The van der Waals surface area contributed by atoms with E-state index in [1.807, 2.05) is 0 Å². The Kier molecular flexibility index (Phi) is 7.36. The topological polar surface area (TPSA) is 155 Å². The molecule has 12 nitrogen and oxygen atoms in total. The normalized spacial score (nSPS) is 14.7. The first-order chi connectivity index (χ1) is 13.6. The zero-order valence-electron chi connectivity index (χ0n) is 15.5. The van der Waals surface area contributed by atoms with Gasteiger partial charge in [-0.1, -0.05) is 5.16 Å². The van der Waals surface area contributed by atoms with Gasteiger partial charge in [-0.15, -0.1) is 11.3 Å². The highest BCUT2D eigenvalue weighted by molar-refractivity contribution is 7.14. The second kappa shape index (κ2) is 9.54. The zero-order valence-corrected chi connectivity index (χ0v) is 16.3. The Hall–Kier alpha value is -2.90. The first kappa shape index (κ1) is 22.4. The summed E-state index contributed by atoms with van der Waals surface area (Å²) in [4.78, 5) is 43.6. The maximum atomic E-state index is 11.8. The van der Waals surface area contributed by atoms with Crippen LogP contribution in [0.3, 0.4) is 0 Å². The van der Waals surface area contributed by atoms with E-state index in [0.29, 0.717) is 0 Å². The van der Waals surface area contributed by atoms with Gasteiger partial charge in [0.2, 0.25) is 11.5 Å². The van der Waals surface area contributed by atoms with Crippen molar-refractivity contribution in [2.24, 2.45) is 5.16 Å². The molecular weight excluding hydrogens is 408 g/mol. The Morgan fingerprint density at radius 1 is 1.41 bits per heavy atom. The molecule has 0 aliphatic carbocycles. The van der Waals surface area contributed by atoms with Gasteiger partial charge < -0.3 is 28.6 Å². The number of thiazole rings is 1. The minimum atomic E-state index is -1.50. The Balaban J connectivity index is 2.15. The fourth-order valence-corrected chi connectivity index (χ4v) is 2.36. The standard InChI is InChI=1S/C14H15B2N3O9S/c1-14(2,3)26-13(23)18-12-17-7(5-29-12)9(10(20)21)19-28-8(11(22)27-15)4-16-24-6-25-16/h4-5H,6H2,1-3H3,(H,20,21)(H,17,18,23)/b8-4+,19-9-. The Morgan fingerprint density at radius 2 is 2.10 bits per heavy atom. The summed E-state index contributed by atoms with van der Waals surface area (Å²) in [6.45, 7) is 5.07. The largest absolute Gasteiger partial charge is 0.538 e. The molecule has 0 bridgehead atoms. The number of carboxylic acids is 1. The van der Waals surface area contributed by atoms with Crippen molar-refractivity contribution in [1.29, 1.82) is 0 Å². The van der Waals surface area contributed by atoms with Crippen LogP contribution in [0, 0.1) is 0 Å². The number of rotatable bonds is 7. The molecule has 0 spiro atoms. The van der Waals surface area contributed by atoms with Crippen molar-refractivity contribution in [3.63, 3.8) is 0 Å². The van der Waals surface area contributed by atoms with Crippen LogP contribution in [0.4, 0.5) is 9.93 Å². The van der Waals surface area contributed by atoms with E-state index in [2.05, 4.69) is 20.1 Å². The summed E-state index contributed by atoms with van der Waals surface area (Å²) in [5, 5.41) is 16.5. The third-order valence-corrected chi connectivity index (χ3v) is 3.61. The van der Waals surface area contributed by atoms with Gasteiger partial charge in [0, 0.05) is 5.38 Å². The number of oxime groups is 1. The van der Waals surface area contributed by atoms with Gasteiger partial charge in [0.1, 0.15) is 18.1 Å². The molecule has 0 aromatic carbocycles. The number of carbonyl (C=O) groups is 3. The summed E-state index contributed by atoms with van der Waals surface area (Å²) in [6.07, 6.45) is -0.764. The van der Waals surface area contributed by atoms with Crippen LogP contribution in [0.25, 0.3) is 0 Å². The minimum Gasteiger partial charge on any atom is -0.538 e. The highest BCUT2D eigenvalue weighted by Crippen LogP contribution is 2.18. The molecule has 0 saturated carbocycles. The van der Waals surface area contributed by atoms with Gasteiger partial charge in [0.05, 0.1) is 0 Å². The quantitative estimate of drug-likeness (QED) is 0.212. The van der Waals surface area contributed by atoms with Crippen LogP contribution in [0.5, 0.6) is 0 Å². The van der Waals surface area contributed by atoms with Crippen molar-refractivity contribution in [3.8, 4) is 0 Å². The summed E-state index contributed by atoms with van der Waals surface area (Å²) in [7, 11) is 3.91. The van der Waals surface area contributed by atoms with Crippen LogP contribution in [0.15, 0.2) is 22.3 Å². The zero-order chi connectivity index (χ0) is 21.6. The number of amides is 1. The second-order valence-corrected chi connectivity index (χ2v) is 7.12. The lowest BCUT2D eigenvalue weighted by Crippen LogP contribution is -2.35. The maximum absolute atomic E-state index is 11.8. The number of anilines is 1. The molecule has 29 heavy (non-hydrogen) atoms. The molecule has 1 aromatic heterocycles. The number of aromatic nitrogens is 1. The fourth-order valence-electron chi connectivity index (χ4n) is 1.68. The molecule has 1 saturated heterocycles. The third kappa shape index (κ3) is 6.89. The second-order valence-electron chi connectivity index (χ2n) is 6.26. The Labute approximate surface area is 170 Å². The maximum Gasteiger partial charge on any atom is 0.493 e. The number of carboxylic acid groups (broad SMARTS) is 1. The summed E-state index contributed by atoms with van der Waals surface area (Å²) < 4.78 is 18.9. The fraction of sp³-hybridized carbons (Fsp3) is 0.357. The molecule has 2 radical (unpaired) electrons. The van der Waals surface area contributed by atoms with E-state index < -0.39 is 42.2 Å². The molecule has 2 N–H and O–H groups in total. The van der Waals surface area contributed by atoms with E-state index in [4.69, 9.17) is 26.9 Å². The van der Waals surface area contributed by atoms with Gasteiger partial charge in [-0.2, -0.15) is 0 Å². The molecule has 1 aliphatic heterocycles. The van der Waals surface area contributed by atoms with E-state index in [1.165, 1.54) is 5.38 Å². The van der Waals surface area contributed by atoms with Gasteiger partial charge in [-0.05, 0) is 26.7 Å². The van der Waals surface area contributed by atoms with Crippen molar-refractivity contribution in [1.82, 2.24) is 4.98 Å². The number of nitrogens with one attached hydrogen (secondary N) is 1. The lowest BCUT2D eigenvalue weighted by Gasteiger charge is -2.20. The molecule has 1 aliphatic rings. The molecule has 1 fully saturated rings. The van der Waals surface area contributed by atoms with Crippen LogP contribution >= 0.6 is 11.3 Å². The van der Waals surface area contributed by atoms with E-state index in [0.717, 1.165) is 17.3 Å². The highest BCUT2D eigenvalue weighted by Gasteiger charge is 2.28. The van der Waals surface area contributed by atoms with Crippen molar-refractivity contribution in [3.05, 3.63) is 22.8 Å². The molecule has 0 atom stereocenters. The number of aliphatic carboxylic acids is 1. The van der Waals surface area contributed by atoms with Gasteiger partial charge >= 0.3 is 33.2 Å². The van der Waals surface area contributed by atoms with Gasteiger partial charge in [0.25, 0.3) is 0 Å². The van der Waals surface area contributed by atoms with Crippen LogP contribution < -0.4 is 5.32 Å². The molecular formula is C14H15B2N3O9S. The van der Waals surface area contributed by atoms with Crippen LogP contribution in [-0.4, -0.2) is 61.4 Å². The van der Waals surface area contributed by atoms with E-state index >= 15 is 0 Å². The highest BCUT2D eigenvalue weighted by atomic mass is 32.1. The average molecular weight is 423 g/mol. The van der Waals surface area contributed by atoms with Crippen molar-refractivity contribution >= 4 is 55.4 Å². The van der Waals surface area contributed by atoms with E-state index in [1.54, 1.807) is 20.8 Å². The van der Waals surface area contributed by atoms with Crippen LogP contribution in [0.2, 0.25) is 0 Å². The molecule has 1 aromatic rings. The first-order valence-electron chi connectivity index (χ1n) is 7.89. The smallest absolute Gasteiger partial charge is 0.493 e. The van der Waals surface area contributed by atoms with Crippen molar-refractivity contribution in [2.75, 3.05) is 12.1 Å². The number of hydrogen-bond donors (Lipinski definition) is 2. The molecule has 152 valence electrons. The van der Waals surface area contributed by atoms with Crippen LogP contribution in [0.1, 0.15) is 26.5 Å². The molecule has 15 heteroatoms. The van der Waals surface area contributed by atoms with Crippen molar-refractivity contribution < 1.29 is 43.0 Å². The van der Waals surface area contributed by atoms with Crippen molar-refractivity contribution in [2.45, 2.75) is 26.4 Å². The van der Waals surface area contributed by atoms with Crippen LogP contribution in [-0.2, 0) is 33.1 Å². The average Bonchev–Trinajstić information content (AvgIpc) is 3.01. The molecule has 1 amide bonds. The van der Waals surface area contributed by atoms with E-state index in [-0.39, 0.29) is 17.6 Å². The van der Waals surface area contributed by atoms with Gasteiger partial charge in [-0.25, -0.2) is 19.4 Å². The van der Waals surface area contributed by atoms with E-state index in [9.17, 15) is 19.5 Å². The lowest BCUT2D eigenvalue weighted by molar-refractivity contribution is -0.134. The number of ether oxygens (including phenoxy) is 1. The summed E-state index contributed by atoms with van der Waals surface area (Å²) in [6, 6.07) is 0. The number of carbonyl (C=O) groups excluding carboxylic acids is 2. The van der Waals surface area contributed by atoms with Gasteiger partial charge in [0.15, 0.2) is 5.13 Å². The summed E-state index contributed by atoms with van der Waals surface area (Å²) in [5.41, 5.74) is -1.50. The SMILES string of the molecule is [B]OC(=O)/C(=C\B1OCO1)O/N=C(\C(=O)O)c1csc(NC(=O)OC(C)(C)C)n1. The predicted molar refractivity (Wildman–Crippen MR) is 99.9 cm³/mol. The summed E-state index contributed by atoms with van der Waals surface area (Å²) >= 11 is 0.929. The number of hydrogen-bond acceptors (Lipinski definition) is 11. The molecule has 0 unspecified atom stereocenters. The summed E-state index contributed by atoms with van der Waals surface area (Å²) in [5.74, 6) is -2.14. The van der Waals surface area contributed by atoms with Gasteiger partial charge in [-0.3, -0.25) is 5.32 Å². The molecule has 2 rings (SSSR count). The first-order valence-corrected chi connectivity index (χ1v) is 8.77. The molecule has 2 heterocycles. The Bertz CT molecular complexity index is 846. The number of nitrogens with zero attached hydrogens (tertiary/aromatic N) is 2. The third-order valence-electron chi connectivity index (χ3n) is 2.85.